The molecule has 3 heteroatoms. The molecule has 3 saturated carbocycles. The summed E-state index contributed by atoms with van der Waals surface area (Å²) in [7, 11) is 0. The minimum atomic E-state index is -0.0774. The van der Waals surface area contributed by atoms with Crippen LogP contribution in [0.5, 0.6) is 0 Å². The Morgan fingerprint density at radius 1 is 1.07 bits per heavy atom. The van der Waals surface area contributed by atoms with Gasteiger partial charge in [-0.1, -0.05) is 58.6 Å². The summed E-state index contributed by atoms with van der Waals surface area (Å²) in [4.78, 5) is 4.49. The van der Waals surface area contributed by atoms with Crippen LogP contribution in [0.3, 0.4) is 0 Å². The third-order valence-corrected chi connectivity index (χ3v) is 9.98. The molecule has 160 valence electrons. The Labute approximate surface area is 222 Å². The van der Waals surface area contributed by atoms with E-state index in [1.54, 1.807) is 5.57 Å². The van der Waals surface area contributed by atoms with Gasteiger partial charge in [-0.15, -0.1) is 0 Å². The molecule has 0 bridgehead atoms. The predicted molar refractivity (Wildman–Crippen MR) is 113 cm³/mol. The molecule has 2 nitrogen and oxygen atoms in total. The third kappa shape index (κ3) is 4.68. The van der Waals surface area contributed by atoms with Crippen molar-refractivity contribution in [3.8, 4) is 0 Å². The maximum atomic E-state index is 11.0. The number of unbranched alkanes of at least 4 members (excludes halogenated alkanes) is 1. The second-order valence-corrected chi connectivity index (χ2v) is 11.7. The summed E-state index contributed by atoms with van der Waals surface area (Å²) in [6, 6.07) is 0. The van der Waals surface area contributed by atoms with E-state index >= 15 is 0 Å². The molecule has 4 aliphatic carbocycles. The van der Waals surface area contributed by atoms with Crippen LogP contribution in [0.2, 0.25) is 0 Å². The van der Waals surface area contributed by atoms with Gasteiger partial charge in [0.25, 0.3) is 0 Å². The van der Waals surface area contributed by atoms with Crippen molar-refractivity contribution in [2.75, 3.05) is 0 Å². The Morgan fingerprint density at radius 3 is 2.59 bits per heavy atom. The summed E-state index contributed by atoms with van der Waals surface area (Å²) in [6.07, 6.45) is 18.3. The smallest absolute Gasteiger partial charge is 0.723 e. The van der Waals surface area contributed by atoms with Gasteiger partial charge >= 0.3 is 51.4 Å². The van der Waals surface area contributed by atoms with Gasteiger partial charge in [0.1, 0.15) is 0 Å². The van der Waals surface area contributed by atoms with Crippen LogP contribution in [0, 0.1) is 40.4 Å². The Balaban J connectivity index is 0.00000240. The number of fused-ring (bicyclic) bond motifs is 5. The first-order valence-corrected chi connectivity index (χ1v) is 12.4. The number of hydrogen-bond acceptors (Lipinski definition) is 2. The molecular formula is C26H43KO2. The van der Waals surface area contributed by atoms with E-state index in [9.17, 15) is 5.26 Å². The zero-order chi connectivity index (χ0) is 19.9. The summed E-state index contributed by atoms with van der Waals surface area (Å²) in [5.74, 6) is 4.49. The molecule has 0 saturated heterocycles. The van der Waals surface area contributed by atoms with E-state index < -0.39 is 0 Å². The van der Waals surface area contributed by atoms with Crippen molar-refractivity contribution in [2.24, 2.45) is 40.4 Å². The van der Waals surface area contributed by atoms with Crippen molar-refractivity contribution in [1.29, 1.82) is 0 Å². The standard InChI is InChI=1S/C26H44O2.K/c1-18(2)7-5-6-8-19-10-12-23-22-11-9-20-17-21(28-27)13-15-26(20,4)24(22)14-16-25(19,23)3;/h9,18-19,21-24,27H,5-8,10-17H2,1-4H3;/q;+1/p-1. The molecule has 4 rings (SSSR count). The maximum Gasteiger partial charge on any atom is 1.00 e. The van der Waals surface area contributed by atoms with E-state index in [-0.39, 0.29) is 57.5 Å². The van der Waals surface area contributed by atoms with Gasteiger partial charge in [0.2, 0.25) is 0 Å². The van der Waals surface area contributed by atoms with Crippen molar-refractivity contribution in [3.05, 3.63) is 11.6 Å². The molecule has 4 aliphatic rings. The molecular weight excluding hydrogens is 383 g/mol. The average Bonchev–Trinajstić information content (AvgIpc) is 3.01. The topological polar surface area (TPSA) is 32.3 Å². The van der Waals surface area contributed by atoms with Crippen LogP contribution in [-0.4, -0.2) is 6.10 Å². The molecule has 3 fully saturated rings. The summed E-state index contributed by atoms with van der Waals surface area (Å²) in [5, 5.41) is 11.0. The van der Waals surface area contributed by atoms with Crippen LogP contribution < -0.4 is 56.6 Å². The first kappa shape index (κ1) is 24.9. The van der Waals surface area contributed by atoms with Gasteiger partial charge in [0.15, 0.2) is 0 Å². The molecule has 0 heterocycles. The first-order valence-electron chi connectivity index (χ1n) is 12.4. The fourth-order valence-electron chi connectivity index (χ4n) is 8.24. The fraction of sp³-hybridized carbons (Fsp3) is 0.923. The second-order valence-electron chi connectivity index (χ2n) is 11.7. The van der Waals surface area contributed by atoms with E-state index in [0.29, 0.717) is 10.8 Å². The van der Waals surface area contributed by atoms with Crippen LogP contribution >= 0.6 is 0 Å². The van der Waals surface area contributed by atoms with Gasteiger partial charge in [0.05, 0.1) is 0 Å². The second kappa shape index (κ2) is 10.1. The van der Waals surface area contributed by atoms with E-state index in [1.165, 1.54) is 57.8 Å². The molecule has 0 aromatic heterocycles. The van der Waals surface area contributed by atoms with Crippen LogP contribution in [0.15, 0.2) is 11.6 Å². The van der Waals surface area contributed by atoms with Crippen molar-refractivity contribution in [3.63, 3.8) is 0 Å². The molecule has 0 aromatic carbocycles. The Morgan fingerprint density at radius 2 is 1.86 bits per heavy atom. The van der Waals surface area contributed by atoms with E-state index in [1.807, 2.05) is 0 Å². The summed E-state index contributed by atoms with van der Waals surface area (Å²) in [5.41, 5.74) is 2.50. The van der Waals surface area contributed by atoms with Crippen LogP contribution in [-0.2, 0) is 4.89 Å². The normalized spacial score (nSPS) is 43.8. The predicted octanol–water partition coefficient (Wildman–Crippen LogP) is 3.45. The van der Waals surface area contributed by atoms with Crippen molar-refractivity contribution in [1.82, 2.24) is 0 Å². The molecule has 29 heavy (non-hydrogen) atoms. The third-order valence-electron chi connectivity index (χ3n) is 9.98. The van der Waals surface area contributed by atoms with Gasteiger partial charge in [-0.05, 0) is 98.2 Å². The molecule has 0 amide bonds. The van der Waals surface area contributed by atoms with Crippen LogP contribution in [0.4, 0.5) is 0 Å². The molecule has 0 aliphatic heterocycles. The molecule has 0 spiro atoms. The quantitative estimate of drug-likeness (QED) is 0.214. The maximum absolute atomic E-state index is 11.0. The first-order chi connectivity index (χ1) is 13.4. The monoisotopic (exact) mass is 426 g/mol. The fourth-order valence-corrected chi connectivity index (χ4v) is 8.24. The zero-order valence-electron chi connectivity index (χ0n) is 19.8. The average molecular weight is 427 g/mol. The molecule has 7 unspecified atom stereocenters. The number of allylic oxidation sites excluding steroid dienone is 1. The van der Waals surface area contributed by atoms with E-state index in [4.69, 9.17) is 0 Å². The molecule has 0 aromatic rings. The number of rotatable bonds is 6. The van der Waals surface area contributed by atoms with Crippen LogP contribution in [0.1, 0.15) is 105 Å². The van der Waals surface area contributed by atoms with Gasteiger partial charge in [-0.25, -0.2) is 0 Å². The van der Waals surface area contributed by atoms with Gasteiger partial charge < -0.3 is 10.1 Å². The Bertz CT molecular complexity index is 587. The van der Waals surface area contributed by atoms with Crippen LogP contribution in [0.25, 0.3) is 0 Å². The van der Waals surface area contributed by atoms with Crippen molar-refractivity contribution < 1.29 is 61.5 Å². The van der Waals surface area contributed by atoms with E-state index in [0.717, 1.165) is 48.9 Å². The van der Waals surface area contributed by atoms with Gasteiger partial charge in [-0.3, -0.25) is 0 Å². The Kier molecular flexibility index (Phi) is 8.64. The molecule has 0 radical (unpaired) electrons. The number of hydrogen-bond donors (Lipinski definition) is 0. The van der Waals surface area contributed by atoms with Gasteiger partial charge in [-0.2, -0.15) is 0 Å². The minimum absolute atomic E-state index is 0. The summed E-state index contributed by atoms with van der Waals surface area (Å²) in [6.45, 7) is 9.90. The van der Waals surface area contributed by atoms with Crippen molar-refractivity contribution in [2.45, 2.75) is 111 Å². The minimum Gasteiger partial charge on any atom is -0.723 e. The summed E-state index contributed by atoms with van der Waals surface area (Å²) >= 11 is 0. The van der Waals surface area contributed by atoms with Gasteiger partial charge in [0, 0.05) is 6.10 Å². The Hall–Kier alpha value is 1.30. The largest absolute Gasteiger partial charge is 1.00 e. The van der Waals surface area contributed by atoms with Crippen molar-refractivity contribution >= 4 is 0 Å². The molecule has 0 N–H and O–H groups in total. The zero-order valence-corrected chi connectivity index (χ0v) is 23.0. The SMILES string of the molecule is CC(C)CCCCC1CCC2C3CC=C4CC(O[O-])CCC4(C)C3CCC12C.[K+]. The summed E-state index contributed by atoms with van der Waals surface area (Å²) < 4.78 is 0. The molecule has 7 atom stereocenters. The van der Waals surface area contributed by atoms with E-state index in [2.05, 4.69) is 38.7 Å².